The summed E-state index contributed by atoms with van der Waals surface area (Å²) in [5.41, 5.74) is 6.71. The van der Waals surface area contributed by atoms with Gasteiger partial charge in [-0.1, -0.05) is 0 Å². The summed E-state index contributed by atoms with van der Waals surface area (Å²) >= 11 is -0.733. The van der Waals surface area contributed by atoms with E-state index in [1.165, 1.54) is 0 Å². The standard InChI is InChI=1S/C6H11NOS/c1-5-4-9(8)3-2-6(5)7/h4,6H,2-3,7H2,1H3. The van der Waals surface area contributed by atoms with Gasteiger partial charge in [-0.15, -0.1) is 0 Å². The summed E-state index contributed by atoms with van der Waals surface area (Å²) < 4.78 is 10.8. The molecule has 0 saturated heterocycles. The Morgan fingerprint density at radius 2 is 2.56 bits per heavy atom. The Morgan fingerprint density at radius 3 is 3.00 bits per heavy atom. The number of hydrogen-bond donors (Lipinski definition) is 1. The maximum Gasteiger partial charge on any atom is 0.117 e. The normalized spacial score (nSPS) is 36.1. The minimum absolute atomic E-state index is 0.155. The first kappa shape index (κ1) is 7.12. The van der Waals surface area contributed by atoms with Gasteiger partial charge in [-0.3, -0.25) is 0 Å². The van der Waals surface area contributed by atoms with Gasteiger partial charge in [0.2, 0.25) is 0 Å². The molecule has 1 aliphatic rings. The second-order valence-electron chi connectivity index (χ2n) is 2.34. The molecule has 2 unspecified atom stereocenters. The third-order valence-corrected chi connectivity index (χ3v) is 2.80. The molecule has 0 aliphatic carbocycles. The van der Waals surface area contributed by atoms with Crippen molar-refractivity contribution in [3.8, 4) is 0 Å². The van der Waals surface area contributed by atoms with E-state index in [0.717, 1.165) is 17.7 Å². The van der Waals surface area contributed by atoms with Crippen LogP contribution in [0, 0.1) is 0 Å². The topological polar surface area (TPSA) is 49.1 Å². The van der Waals surface area contributed by atoms with Gasteiger partial charge in [0.05, 0.1) is 0 Å². The monoisotopic (exact) mass is 145 g/mol. The smallest absolute Gasteiger partial charge is 0.117 e. The van der Waals surface area contributed by atoms with Crippen LogP contribution in [0.15, 0.2) is 11.0 Å². The molecule has 0 amide bonds. The van der Waals surface area contributed by atoms with Crippen molar-refractivity contribution in [2.24, 2.45) is 5.73 Å². The van der Waals surface area contributed by atoms with Gasteiger partial charge >= 0.3 is 0 Å². The van der Waals surface area contributed by atoms with Crippen molar-refractivity contribution in [1.82, 2.24) is 0 Å². The molecule has 2 nitrogen and oxygen atoms in total. The van der Waals surface area contributed by atoms with E-state index in [-0.39, 0.29) is 6.04 Å². The minimum Gasteiger partial charge on any atom is -0.612 e. The van der Waals surface area contributed by atoms with Crippen LogP contribution in [0.5, 0.6) is 0 Å². The summed E-state index contributed by atoms with van der Waals surface area (Å²) in [5, 5.41) is 1.76. The van der Waals surface area contributed by atoms with Gasteiger partial charge in [0.1, 0.15) is 11.2 Å². The van der Waals surface area contributed by atoms with Crippen LogP contribution in [0.1, 0.15) is 13.3 Å². The van der Waals surface area contributed by atoms with Gasteiger partial charge in [-0.05, 0) is 23.7 Å². The van der Waals surface area contributed by atoms with Gasteiger partial charge in [0, 0.05) is 12.5 Å². The molecule has 52 valence electrons. The molecular formula is C6H11NOS. The van der Waals surface area contributed by atoms with Crippen LogP contribution in [0.25, 0.3) is 0 Å². The third-order valence-electron chi connectivity index (χ3n) is 1.53. The predicted molar refractivity (Wildman–Crippen MR) is 39.4 cm³/mol. The molecule has 2 N–H and O–H groups in total. The first-order valence-electron chi connectivity index (χ1n) is 3.01. The van der Waals surface area contributed by atoms with Crippen molar-refractivity contribution in [1.29, 1.82) is 0 Å². The SMILES string of the molecule is CC1=C[S+]([O-])CCC1N. The molecule has 3 heteroatoms. The molecule has 0 aromatic carbocycles. The summed E-state index contributed by atoms with van der Waals surface area (Å²) in [4.78, 5) is 0. The van der Waals surface area contributed by atoms with E-state index in [1.807, 2.05) is 6.92 Å². The molecule has 9 heavy (non-hydrogen) atoms. The van der Waals surface area contributed by atoms with E-state index in [0.29, 0.717) is 0 Å². The van der Waals surface area contributed by atoms with Gasteiger partial charge in [-0.25, -0.2) is 0 Å². The molecule has 0 bridgehead atoms. The highest BCUT2D eigenvalue weighted by Gasteiger charge is 2.17. The average Bonchev–Trinajstić information content (AvgIpc) is 1.80. The molecular weight excluding hydrogens is 134 g/mol. The van der Waals surface area contributed by atoms with Crippen molar-refractivity contribution in [3.05, 3.63) is 11.0 Å². The average molecular weight is 145 g/mol. The van der Waals surface area contributed by atoms with E-state index < -0.39 is 11.2 Å². The lowest BCUT2D eigenvalue weighted by molar-refractivity contribution is 0.591. The fourth-order valence-corrected chi connectivity index (χ4v) is 2.02. The fourth-order valence-electron chi connectivity index (χ4n) is 0.824. The summed E-state index contributed by atoms with van der Waals surface area (Å²) in [6.07, 6.45) is 0.870. The second-order valence-corrected chi connectivity index (χ2v) is 3.75. The zero-order valence-corrected chi connectivity index (χ0v) is 6.28. The van der Waals surface area contributed by atoms with Crippen molar-refractivity contribution < 1.29 is 4.55 Å². The van der Waals surface area contributed by atoms with Gasteiger partial charge in [0.25, 0.3) is 0 Å². The lowest BCUT2D eigenvalue weighted by atomic mass is 10.1. The third kappa shape index (κ3) is 1.71. The van der Waals surface area contributed by atoms with Gasteiger partial charge in [-0.2, -0.15) is 0 Å². The lowest BCUT2D eigenvalue weighted by Crippen LogP contribution is -2.28. The summed E-state index contributed by atoms with van der Waals surface area (Å²) in [7, 11) is 0. The molecule has 1 rings (SSSR count). The van der Waals surface area contributed by atoms with E-state index in [9.17, 15) is 4.55 Å². The second kappa shape index (κ2) is 2.73. The van der Waals surface area contributed by atoms with E-state index >= 15 is 0 Å². The maximum absolute atomic E-state index is 10.8. The quantitative estimate of drug-likeness (QED) is 0.501. The zero-order valence-electron chi connectivity index (χ0n) is 5.46. The highest BCUT2D eigenvalue weighted by molar-refractivity contribution is 7.94. The Labute approximate surface area is 58.3 Å². The lowest BCUT2D eigenvalue weighted by Gasteiger charge is -2.18. The van der Waals surface area contributed by atoms with Crippen LogP contribution in [0.2, 0.25) is 0 Å². The Morgan fingerprint density at radius 1 is 1.89 bits per heavy atom. The molecule has 2 atom stereocenters. The Hall–Kier alpha value is 0.01000. The number of hydrogen-bond acceptors (Lipinski definition) is 2. The highest BCUT2D eigenvalue weighted by atomic mass is 32.2. The van der Waals surface area contributed by atoms with Crippen molar-refractivity contribution >= 4 is 11.2 Å². The van der Waals surface area contributed by atoms with Crippen LogP contribution in [0.3, 0.4) is 0 Å². The van der Waals surface area contributed by atoms with E-state index in [2.05, 4.69) is 0 Å². The van der Waals surface area contributed by atoms with Crippen LogP contribution in [0.4, 0.5) is 0 Å². The number of nitrogens with two attached hydrogens (primary N) is 1. The summed E-state index contributed by atoms with van der Waals surface area (Å²) in [5.74, 6) is 0.735. The van der Waals surface area contributed by atoms with Crippen LogP contribution >= 0.6 is 0 Å². The maximum atomic E-state index is 10.8. The van der Waals surface area contributed by atoms with E-state index in [4.69, 9.17) is 5.73 Å². The van der Waals surface area contributed by atoms with Gasteiger partial charge in [0.15, 0.2) is 0 Å². The molecule has 1 heterocycles. The fraction of sp³-hybridized carbons (Fsp3) is 0.667. The molecule has 0 aromatic rings. The van der Waals surface area contributed by atoms with Gasteiger partial charge < -0.3 is 10.3 Å². The first-order chi connectivity index (χ1) is 4.20. The molecule has 0 radical (unpaired) electrons. The van der Waals surface area contributed by atoms with Crippen LogP contribution in [-0.4, -0.2) is 16.3 Å². The molecule has 0 saturated carbocycles. The van der Waals surface area contributed by atoms with E-state index in [1.54, 1.807) is 5.41 Å². The van der Waals surface area contributed by atoms with Crippen LogP contribution in [-0.2, 0) is 11.2 Å². The Balaban J connectivity index is 2.61. The molecule has 0 spiro atoms. The van der Waals surface area contributed by atoms with Crippen molar-refractivity contribution in [3.63, 3.8) is 0 Å². The Kier molecular flexibility index (Phi) is 2.16. The number of rotatable bonds is 0. The first-order valence-corrected chi connectivity index (χ1v) is 4.39. The zero-order chi connectivity index (χ0) is 6.85. The highest BCUT2D eigenvalue weighted by Crippen LogP contribution is 2.14. The van der Waals surface area contributed by atoms with Crippen molar-refractivity contribution in [2.45, 2.75) is 19.4 Å². The molecule has 1 aliphatic heterocycles. The van der Waals surface area contributed by atoms with Crippen LogP contribution < -0.4 is 5.73 Å². The molecule has 0 fully saturated rings. The van der Waals surface area contributed by atoms with Crippen molar-refractivity contribution in [2.75, 3.05) is 5.75 Å². The summed E-state index contributed by atoms with van der Waals surface area (Å²) in [6.45, 7) is 1.93. The summed E-state index contributed by atoms with van der Waals surface area (Å²) in [6, 6.07) is 0.155. The Bertz CT molecular complexity index is 135. The largest absolute Gasteiger partial charge is 0.612 e. The molecule has 0 aromatic heterocycles. The predicted octanol–water partition coefficient (Wildman–Crippen LogP) is 0.370. The minimum atomic E-state index is -0.733.